The van der Waals surface area contributed by atoms with Gasteiger partial charge in [0.1, 0.15) is 5.82 Å². The Labute approximate surface area is 153 Å². The lowest BCUT2D eigenvalue weighted by atomic mass is 10.1. The van der Waals surface area contributed by atoms with Gasteiger partial charge in [0.2, 0.25) is 10.0 Å². The predicted octanol–water partition coefficient (Wildman–Crippen LogP) is 2.34. The van der Waals surface area contributed by atoms with E-state index in [0.717, 1.165) is 12.1 Å². The number of nitrogens with zero attached hydrogens (tertiary/aromatic N) is 3. The van der Waals surface area contributed by atoms with Gasteiger partial charge in [-0.1, -0.05) is 24.3 Å². The van der Waals surface area contributed by atoms with E-state index in [1.54, 1.807) is 12.1 Å². The normalized spacial score (nSPS) is 16.3. The molecule has 7 heteroatoms. The van der Waals surface area contributed by atoms with Crippen LogP contribution in [0.25, 0.3) is 0 Å². The molecule has 136 valence electrons. The molecule has 0 aliphatic carbocycles. The molecular weight excluding hydrogens is 353 g/mol. The van der Waals surface area contributed by atoms with Crippen molar-refractivity contribution in [1.29, 1.82) is 5.26 Å². The summed E-state index contributed by atoms with van der Waals surface area (Å²) in [6.07, 6.45) is 0. The first-order chi connectivity index (χ1) is 12.5. The van der Waals surface area contributed by atoms with Gasteiger partial charge in [-0.2, -0.15) is 9.57 Å². The number of benzene rings is 2. The van der Waals surface area contributed by atoms with Crippen LogP contribution in [0.2, 0.25) is 0 Å². The van der Waals surface area contributed by atoms with E-state index in [1.807, 2.05) is 12.1 Å². The van der Waals surface area contributed by atoms with Gasteiger partial charge in [0, 0.05) is 32.7 Å². The second kappa shape index (κ2) is 7.96. The minimum atomic E-state index is -3.41. The zero-order valence-corrected chi connectivity index (χ0v) is 15.1. The van der Waals surface area contributed by atoms with E-state index in [2.05, 4.69) is 11.0 Å². The molecule has 5 nitrogen and oxygen atoms in total. The summed E-state index contributed by atoms with van der Waals surface area (Å²) in [5.74, 6) is -0.481. The van der Waals surface area contributed by atoms with Crippen molar-refractivity contribution < 1.29 is 12.8 Å². The summed E-state index contributed by atoms with van der Waals surface area (Å²) >= 11 is 0. The highest BCUT2D eigenvalue weighted by molar-refractivity contribution is 7.88. The van der Waals surface area contributed by atoms with E-state index < -0.39 is 10.0 Å². The molecule has 0 aromatic heterocycles. The lowest BCUT2D eigenvalue weighted by molar-refractivity contribution is 0.181. The maximum absolute atomic E-state index is 13.0. The summed E-state index contributed by atoms with van der Waals surface area (Å²) in [4.78, 5) is 2.20. The molecule has 1 heterocycles. The van der Waals surface area contributed by atoms with Gasteiger partial charge in [0.15, 0.2) is 0 Å². The molecule has 0 atom stereocenters. The third-order valence-electron chi connectivity index (χ3n) is 4.48. The summed E-state index contributed by atoms with van der Waals surface area (Å²) in [7, 11) is -3.41. The van der Waals surface area contributed by atoms with Crippen molar-refractivity contribution in [2.45, 2.75) is 12.3 Å². The Hall–Kier alpha value is -2.27. The van der Waals surface area contributed by atoms with E-state index in [1.165, 1.54) is 28.6 Å². The van der Waals surface area contributed by atoms with Gasteiger partial charge in [-0.3, -0.25) is 4.90 Å². The molecule has 1 saturated heterocycles. The highest BCUT2D eigenvalue weighted by atomic mass is 32.2. The average Bonchev–Trinajstić information content (AvgIpc) is 2.64. The molecule has 0 unspecified atom stereocenters. The molecule has 1 fully saturated rings. The van der Waals surface area contributed by atoms with Gasteiger partial charge in [-0.05, 0) is 35.4 Å². The van der Waals surface area contributed by atoms with Crippen molar-refractivity contribution in [3.8, 4) is 6.07 Å². The summed E-state index contributed by atoms with van der Waals surface area (Å²) in [5, 5.41) is 8.83. The van der Waals surface area contributed by atoms with Crippen LogP contribution in [-0.2, 0) is 22.3 Å². The first kappa shape index (κ1) is 18.5. The Morgan fingerprint density at radius 3 is 2.08 bits per heavy atom. The smallest absolute Gasteiger partial charge is 0.218 e. The van der Waals surface area contributed by atoms with Crippen LogP contribution in [0.4, 0.5) is 4.39 Å². The Morgan fingerprint density at radius 2 is 1.50 bits per heavy atom. The summed E-state index contributed by atoms with van der Waals surface area (Å²) in [5.41, 5.74) is 2.32. The molecule has 2 aromatic carbocycles. The Kier molecular flexibility index (Phi) is 5.67. The van der Waals surface area contributed by atoms with Gasteiger partial charge < -0.3 is 0 Å². The highest BCUT2D eigenvalue weighted by Gasteiger charge is 2.27. The van der Waals surface area contributed by atoms with Crippen molar-refractivity contribution in [2.24, 2.45) is 0 Å². The molecule has 0 radical (unpaired) electrons. The van der Waals surface area contributed by atoms with Crippen LogP contribution in [-0.4, -0.2) is 43.8 Å². The molecule has 3 rings (SSSR count). The summed E-state index contributed by atoms with van der Waals surface area (Å²) in [6.45, 7) is 2.93. The van der Waals surface area contributed by atoms with Crippen molar-refractivity contribution in [2.75, 3.05) is 26.2 Å². The van der Waals surface area contributed by atoms with Crippen molar-refractivity contribution in [3.05, 3.63) is 71.0 Å². The van der Waals surface area contributed by atoms with Crippen LogP contribution in [0.5, 0.6) is 0 Å². The van der Waals surface area contributed by atoms with Crippen LogP contribution in [0.1, 0.15) is 16.7 Å². The van der Waals surface area contributed by atoms with Crippen LogP contribution in [0.15, 0.2) is 48.5 Å². The zero-order valence-electron chi connectivity index (χ0n) is 14.3. The third-order valence-corrected chi connectivity index (χ3v) is 6.33. The number of rotatable bonds is 5. The minimum absolute atomic E-state index is 0.108. The minimum Gasteiger partial charge on any atom is -0.296 e. The molecule has 0 amide bonds. The second-order valence-electron chi connectivity index (χ2n) is 6.37. The monoisotopic (exact) mass is 373 g/mol. The molecule has 0 spiro atoms. The van der Waals surface area contributed by atoms with Gasteiger partial charge in [-0.15, -0.1) is 0 Å². The van der Waals surface area contributed by atoms with Crippen LogP contribution >= 0.6 is 0 Å². The Morgan fingerprint density at radius 1 is 0.923 bits per heavy atom. The number of halogens is 1. The van der Waals surface area contributed by atoms with E-state index >= 15 is 0 Å². The molecule has 26 heavy (non-hydrogen) atoms. The van der Waals surface area contributed by atoms with Crippen molar-refractivity contribution >= 4 is 10.0 Å². The quantitative estimate of drug-likeness (QED) is 0.807. The maximum atomic E-state index is 13.0. The average molecular weight is 373 g/mol. The predicted molar refractivity (Wildman–Crippen MR) is 97.0 cm³/mol. The molecule has 0 N–H and O–H groups in total. The van der Waals surface area contributed by atoms with Crippen molar-refractivity contribution in [3.63, 3.8) is 0 Å². The Balaban J connectivity index is 1.55. The maximum Gasteiger partial charge on any atom is 0.218 e. The number of sulfonamides is 1. The number of hydrogen-bond donors (Lipinski definition) is 0. The van der Waals surface area contributed by atoms with Gasteiger partial charge in [0.25, 0.3) is 0 Å². The molecule has 0 bridgehead atoms. The molecule has 1 aliphatic rings. The van der Waals surface area contributed by atoms with Crippen molar-refractivity contribution in [1.82, 2.24) is 9.21 Å². The van der Waals surface area contributed by atoms with Crippen LogP contribution < -0.4 is 0 Å². The topological polar surface area (TPSA) is 64.4 Å². The number of nitriles is 1. The lowest BCUT2D eigenvalue weighted by Gasteiger charge is -2.34. The van der Waals surface area contributed by atoms with E-state index in [9.17, 15) is 12.8 Å². The zero-order chi connectivity index (χ0) is 18.6. The van der Waals surface area contributed by atoms with Gasteiger partial charge in [0.05, 0.1) is 17.4 Å². The first-order valence-corrected chi connectivity index (χ1v) is 10.0. The highest BCUT2D eigenvalue weighted by Crippen LogP contribution is 2.16. The fourth-order valence-corrected chi connectivity index (χ4v) is 4.51. The van der Waals surface area contributed by atoms with Crippen LogP contribution in [0, 0.1) is 17.1 Å². The summed E-state index contributed by atoms with van der Waals surface area (Å²) < 4.78 is 39.6. The third kappa shape index (κ3) is 4.67. The second-order valence-corrected chi connectivity index (χ2v) is 8.34. The SMILES string of the molecule is N#Cc1ccc(CN2CCN(S(=O)(=O)Cc3ccc(F)cc3)CC2)cc1. The standard InChI is InChI=1S/C19H20FN3O2S/c20-19-7-5-18(6-8-19)15-26(24,25)23-11-9-22(10-12-23)14-17-3-1-16(13-21)2-4-17/h1-8H,9-12,14-15H2. The first-order valence-electron chi connectivity index (χ1n) is 8.40. The lowest BCUT2D eigenvalue weighted by Crippen LogP contribution is -2.48. The van der Waals surface area contributed by atoms with Crippen LogP contribution in [0.3, 0.4) is 0 Å². The summed E-state index contributed by atoms with van der Waals surface area (Å²) in [6, 6.07) is 15.1. The van der Waals surface area contributed by atoms with E-state index in [0.29, 0.717) is 37.3 Å². The number of piperazine rings is 1. The van der Waals surface area contributed by atoms with Gasteiger partial charge >= 0.3 is 0 Å². The molecular formula is C19H20FN3O2S. The molecule has 1 aliphatic heterocycles. The molecule has 0 saturated carbocycles. The fraction of sp³-hybridized carbons (Fsp3) is 0.316. The molecule has 2 aromatic rings. The van der Waals surface area contributed by atoms with E-state index in [4.69, 9.17) is 5.26 Å². The largest absolute Gasteiger partial charge is 0.296 e. The van der Waals surface area contributed by atoms with Gasteiger partial charge in [-0.25, -0.2) is 12.8 Å². The van der Waals surface area contributed by atoms with E-state index in [-0.39, 0.29) is 11.6 Å². The fourth-order valence-electron chi connectivity index (χ4n) is 2.99. The number of hydrogen-bond acceptors (Lipinski definition) is 4. The Bertz CT molecular complexity index is 882.